The lowest BCUT2D eigenvalue weighted by Gasteiger charge is -2.24. The van der Waals surface area contributed by atoms with Crippen molar-refractivity contribution in [2.45, 2.75) is 13.8 Å². The molecule has 1 rings (SSSR count). The molecule has 1 amide bonds. The van der Waals surface area contributed by atoms with Crippen molar-refractivity contribution in [2.75, 3.05) is 32.1 Å². The second-order valence-electron chi connectivity index (χ2n) is 4.12. The van der Waals surface area contributed by atoms with Gasteiger partial charge < -0.3 is 9.80 Å². The van der Waals surface area contributed by atoms with E-state index in [9.17, 15) is 4.79 Å². The highest BCUT2D eigenvalue weighted by Gasteiger charge is 2.15. The zero-order chi connectivity index (χ0) is 13.0. The van der Waals surface area contributed by atoms with Gasteiger partial charge in [-0.25, -0.2) is 4.98 Å². The average molecular weight is 300 g/mol. The van der Waals surface area contributed by atoms with E-state index >= 15 is 0 Å². The first kappa shape index (κ1) is 14.0. The highest BCUT2D eigenvalue weighted by Crippen LogP contribution is 2.24. The summed E-state index contributed by atoms with van der Waals surface area (Å²) in [6.45, 7) is 5.09. The van der Waals surface area contributed by atoms with E-state index in [0.29, 0.717) is 6.54 Å². The fourth-order valence-electron chi connectivity index (χ4n) is 1.40. The minimum absolute atomic E-state index is 0.0705. The van der Waals surface area contributed by atoms with Gasteiger partial charge in [0, 0.05) is 26.8 Å². The average Bonchev–Trinajstić information content (AvgIpc) is 2.26. The van der Waals surface area contributed by atoms with Crippen LogP contribution in [0.2, 0.25) is 0 Å². The van der Waals surface area contributed by atoms with Gasteiger partial charge in [-0.2, -0.15) is 0 Å². The molecule has 1 heterocycles. The number of aryl methyl sites for hydroxylation is 1. The van der Waals surface area contributed by atoms with Crippen LogP contribution in [0.1, 0.15) is 12.5 Å². The Balaban J connectivity index is 2.90. The van der Waals surface area contributed by atoms with E-state index in [2.05, 4.69) is 20.9 Å². The molecule has 0 spiro atoms. The van der Waals surface area contributed by atoms with Crippen LogP contribution in [0.25, 0.3) is 0 Å². The number of anilines is 1. The number of hydrogen-bond acceptors (Lipinski definition) is 3. The van der Waals surface area contributed by atoms with Crippen LogP contribution in [0.15, 0.2) is 16.7 Å². The Morgan fingerprint density at radius 3 is 2.59 bits per heavy atom. The summed E-state index contributed by atoms with van der Waals surface area (Å²) in [6, 6.07) is 2.01. The number of hydrogen-bond donors (Lipinski definition) is 0. The highest BCUT2D eigenvalue weighted by molar-refractivity contribution is 9.10. The fourth-order valence-corrected chi connectivity index (χ4v) is 2.11. The third-order valence-corrected chi connectivity index (χ3v) is 3.05. The molecule has 0 N–H and O–H groups in total. The van der Waals surface area contributed by atoms with E-state index in [1.54, 1.807) is 19.0 Å². The lowest BCUT2D eigenvalue weighted by Crippen LogP contribution is -2.37. The quantitative estimate of drug-likeness (QED) is 0.854. The molecule has 5 heteroatoms. The molecule has 0 saturated heterocycles. The van der Waals surface area contributed by atoms with Gasteiger partial charge in [0.2, 0.25) is 5.91 Å². The molecular formula is C12H18BrN3O. The van der Waals surface area contributed by atoms with Crippen molar-refractivity contribution in [2.24, 2.45) is 0 Å². The minimum atomic E-state index is 0.0705. The number of pyridine rings is 1. The molecule has 0 aromatic carbocycles. The Kier molecular flexibility index (Phi) is 4.93. The van der Waals surface area contributed by atoms with Gasteiger partial charge in [-0.15, -0.1) is 0 Å². The number of halogens is 1. The van der Waals surface area contributed by atoms with Crippen LogP contribution < -0.4 is 4.90 Å². The number of aromatic nitrogens is 1. The molecule has 1 aromatic rings. The van der Waals surface area contributed by atoms with E-state index in [1.807, 2.05) is 31.0 Å². The van der Waals surface area contributed by atoms with Crippen molar-refractivity contribution in [3.63, 3.8) is 0 Å². The van der Waals surface area contributed by atoms with E-state index in [1.165, 1.54) is 0 Å². The molecule has 0 aliphatic carbocycles. The van der Waals surface area contributed by atoms with Crippen LogP contribution in [0.3, 0.4) is 0 Å². The second-order valence-corrected chi connectivity index (χ2v) is 4.97. The molecule has 0 radical (unpaired) electrons. The molecule has 0 bridgehead atoms. The summed E-state index contributed by atoms with van der Waals surface area (Å²) in [5, 5.41) is 0. The molecule has 4 nitrogen and oxygen atoms in total. The van der Waals surface area contributed by atoms with Gasteiger partial charge >= 0.3 is 0 Å². The molecule has 0 aliphatic rings. The number of carbonyl (C=O) groups excluding carboxylic acids is 1. The lowest BCUT2D eigenvalue weighted by atomic mass is 10.3. The van der Waals surface area contributed by atoms with E-state index in [4.69, 9.17) is 0 Å². The van der Waals surface area contributed by atoms with Crippen LogP contribution in [0.4, 0.5) is 5.82 Å². The van der Waals surface area contributed by atoms with Gasteiger partial charge in [0.1, 0.15) is 5.82 Å². The third-order valence-electron chi connectivity index (χ3n) is 2.46. The predicted octanol–water partition coefficient (Wildman–Crippen LogP) is 2.07. The standard InChI is InChI=1S/C12H18BrN3O/c1-5-16(8-11(17)15(3)4)12-10(13)6-9(2)7-14-12/h6-7H,5,8H2,1-4H3. The van der Waals surface area contributed by atoms with Gasteiger partial charge in [-0.05, 0) is 41.4 Å². The summed E-state index contributed by atoms with van der Waals surface area (Å²) >= 11 is 3.49. The number of likely N-dealkylation sites (N-methyl/N-ethyl adjacent to an activating group) is 2. The molecule has 0 fully saturated rings. The maximum absolute atomic E-state index is 11.7. The summed E-state index contributed by atoms with van der Waals surface area (Å²) in [6.07, 6.45) is 1.81. The Morgan fingerprint density at radius 2 is 2.12 bits per heavy atom. The monoisotopic (exact) mass is 299 g/mol. The Hall–Kier alpha value is -1.10. The topological polar surface area (TPSA) is 36.4 Å². The zero-order valence-corrected chi connectivity index (χ0v) is 12.3. The zero-order valence-electron chi connectivity index (χ0n) is 10.7. The van der Waals surface area contributed by atoms with Crippen molar-refractivity contribution in [3.8, 4) is 0 Å². The Morgan fingerprint density at radius 1 is 1.47 bits per heavy atom. The first-order chi connectivity index (χ1) is 7.95. The van der Waals surface area contributed by atoms with Crippen LogP contribution in [0.5, 0.6) is 0 Å². The number of amides is 1. The summed E-state index contributed by atoms with van der Waals surface area (Å²) in [7, 11) is 3.52. The summed E-state index contributed by atoms with van der Waals surface area (Å²) in [4.78, 5) is 19.6. The summed E-state index contributed by atoms with van der Waals surface area (Å²) in [5.41, 5.74) is 1.09. The Bertz CT molecular complexity index is 407. The molecule has 94 valence electrons. The van der Waals surface area contributed by atoms with Crippen LogP contribution in [0, 0.1) is 6.92 Å². The molecule has 0 atom stereocenters. The van der Waals surface area contributed by atoms with Crippen molar-refractivity contribution >= 4 is 27.7 Å². The normalized spacial score (nSPS) is 10.2. The highest BCUT2D eigenvalue weighted by atomic mass is 79.9. The molecular weight excluding hydrogens is 282 g/mol. The molecule has 17 heavy (non-hydrogen) atoms. The number of rotatable bonds is 4. The van der Waals surface area contributed by atoms with E-state index in [-0.39, 0.29) is 5.91 Å². The second kappa shape index (κ2) is 6.00. The van der Waals surface area contributed by atoms with Crippen LogP contribution in [-0.2, 0) is 4.79 Å². The van der Waals surface area contributed by atoms with Crippen molar-refractivity contribution in [3.05, 3.63) is 22.3 Å². The third kappa shape index (κ3) is 3.70. The van der Waals surface area contributed by atoms with Crippen molar-refractivity contribution in [1.82, 2.24) is 9.88 Å². The lowest BCUT2D eigenvalue weighted by molar-refractivity contribution is -0.127. The first-order valence-electron chi connectivity index (χ1n) is 5.53. The van der Waals surface area contributed by atoms with Gasteiger partial charge in [-0.1, -0.05) is 0 Å². The molecule has 0 aliphatic heterocycles. The van der Waals surface area contributed by atoms with Gasteiger partial charge in [0.15, 0.2) is 0 Å². The van der Waals surface area contributed by atoms with Crippen LogP contribution in [-0.4, -0.2) is 43.0 Å². The van der Waals surface area contributed by atoms with Gasteiger partial charge in [0.05, 0.1) is 11.0 Å². The minimum Gasteiger partial charge on any atom is -0.347 e. The summed E-state index contributed by atoms with van der Waals surface area (Å²) in [5.74, 6) is 0.884. The molecule has 0 saturated carbocycles. The van der Waals surface area contributed by atoms with E-state index < -0.39 is 0 Å². The SMILES string of the molecule is CCN(CC(=O)N(C)C)c1ncc(C)cc1Br. The smallest absolute Gasteiger partial charge is 0.241 e. The van der Waals surface area contributed by atoms with Crippen molar-refractivity contribution < 1.29 is 4.79 Å². The van der Waals surface area contributed by atoms with Crippen LogP contribution >= 0.6 is 15.9 Å². The van der Waals surface area contributed by atoms with Gasteiger partial charge in [-0.3, -0.25) is 4.79 Å². The first-order valence-corrected chi connectivity index (χ1v) is 6.32. The van der Waals surface area contributed by atoms with E-state index in [0.717, 1.165) is 22.4 Å². The maximum atomic E-state index is 11.7. The molecule has 0 unspecified atom stereocenters. The van der Waals surface area contributed by atoms with Gasteiger partial charge in [0.25, 0.3) is 0 Å². The summed E-state index contributed by atoms with van der Waals surface area (Å²) < 4.78 is 0.922. The molecule has 1 aromatic heterocycles. The Labute approximate surface area is 111 Å². The van der Waals surface area contributed by atoms with Crippen molar-refractivity contribution in [1.29, 1.82) is 0 Å². The number of carbonyl (C=O) groups is 1. The number of nitrogens with zero attached hydrogens (tertiary/aromatic N) is 3. The largest absolute Gasteiger partial charge is 0.347 e. The maximum Gasteiger partial charge on any atom is 0.241 e. The predicted molar refractivity (Wildman–Crippen MR) is 73.3 cm³/mol. The fraction of sp³-hybridized carbons (Fsp3) is 0.500.